The summed E-state index contributed by atoms with van der Waals surface area (Å²) in [7, 11) is 5.43. The molecule has 0 aromatic carbocycles. The van der Waals surface area contributed by atoms with E-state index in [1.54, 1.807) is 7.96 Å². The Hall–Kier alpha value is 3.52. The standard InChI is InChI=1S/Co.H3P7/c;1-4-5-6(1)2-7(4,5,6)3-6/h;1-3H. The fourth-order valence-corrected chi connectivity index (χ4v) is 491. The molecule has 6 saturated heterocycles. The molecule has 6 heterocycles. The Morgan fingerprint density at radius 3 is 1.75 bits per heavy atom. The molecular formula is H3CoP7. The second kappa shape index (κ2) is 0.901. The van der Waals surface area contributed by atoms with Gasteiger partial charge in [-0.1, -0.05) is 0 Å². The number of rotatable bonds is 0. The van der Waals surface area contributed by atoms with Crippen LogP contribution in [0.5, 0.6) is 0 Å². The van der Waals surface area contributed by atoms with Crippen molar-refractivity contribution in [1.82, 2.24) is 0 Å². The normalized spacial score (nSPS) is 95.0. The Morgan fingerprint density at radius 1 is 1.25 bits per heavy atom. The first-order chi connectivity index (χ1) is 3.30. The second-order valence-electron chi connectivity index (χ2n) is 2.86. The van der Waals surface area contributed by atoms with Gasteiger partial charge in [0.1, 0.15) is 0 Å². The van der Waals surface area contributed by atoms with Gasteiger partial charge in [0, 0.05) is 16.8 Å². The molecule has 6 rings (SSSR count). The molecule has 6 aliphatic heterocycles. The third-order valence-electron chi connectivity index (χ3n) is 2.84. The molecule has 6 aliphatic rings. The van der Waals surface area contributed by atoms with Crippen LogP contribution in [0, 0.1) is 0 Å². The third kappa shape index (κ3) is 0.182. The summed E-state index contributed by atoms with van der Waals surface area (Å²) < 4.78 is 0. The van der Waals surface area contributed by atoms with Crippen molar-refractivity contribution in [3.05, 3.63) is 0 Å². The van der Waals surface area contributed by atoms with E-state index in [2.05, 4.69) is 0 Å². The monoisotopic (exact) mass is 279 g/mol. The van der Waals surface area contributed by atoms with Crippen molar-refractivity contribution in [3.63, 3.8) is 0 Å². The van der Waals surface area contributed by atoms with Gasteiger partial charge in [0.15, 0.2) is 0 Å². The average molecular weight is 279 g/mol. The van der Waals surface area contributed by atoms with E-state index in [1.807, 2.05) is 15.9 Å². The van der Waals surface area contributed by atoms with Gasteiger partial charge in [-0.2, -0.15) is 0 Å². The first-order valence-electron chi connectivity index (χ1n) is 2.34. The molecule has 0 amide bonds. The van der Waals surface area contributed by atoms with Crippen molar-refractivity contribution in [1.29, 1.82) is 0 Å². The average Bonchev–Trinajstić information content (AvgIpc) is 2.19. The van der Waals surface area contributed by atoms with Crippen LogP contribution in [0.4, 0.5) is 0 Å². The number of hydrogen-bond donors (Lipinski definition) is 0. The minimum atomic E-state index is -0.0690. The van der Waals surface area contributed by atoms with E-state index in [0.717, 1.165) is 6.99 Å². The topological polar surface area (TPSA) is 0 Å². The van der Waals surface area contributed by atoms with Gasteiger partial charge in [0.05, 0.1) is 0 Å². The van der Waals surface area contributed by atoms with Crippen LogP contribution in [0.2, 0.25) is 0 Å². The van der Waals surface area contributed by atoms with E-state index < -0.39 is 0 Å². The van der Waals surface area contributed by atoms with Gasteiger partial charge < -0.3 is 0 Å². The van der Waals surface area contributed by atoms with Crippen LogP contribution < -0.4 is 0 Å². The van der Waals surface area contributed by atoms with Crippen molar-refractivity contribution >= 4 is 47.9 Å². The van der Waals surface area contributed by atoms with Crippen LogP contribution in [0.15, 0.2) is 0 Å². The Labute approximate surface area is 64.6 Å². The molecule has 5 unspecified atom stereocenters. The molecule has 1 radical (unpaired) electrons. The molecule has 6 fully saturated rings. The molecule has 8 heteroatoms. The zero-order valence-corrected chi connectivity index (χ0v) is 11.2. The molecule has 0 nitrogen and oxygen atoms in total. The Balaban J connectivity index is 0.000000242. The summed E-state index contributed by atoms with van der Waals surface area (Å²) in [5.41, 5.74) is 0. The Morgan fingerprint density at radius 2 is 1.75 bits per heavy atom. The van der Waals surface area contributed by atoms with Crippen molar-refractivity contribution < 1.29 is 16.8 Å². The van der Waals surface area contributed by atoms with Gasteiger partial charge in [-0.05, 0) is 0 Å². The third-order valence-corrected chi connectivity index (χ3v) is 210. The van der Waals surface area contributed by atoms with E-state index in [1.165, 1.54) is 6.99 Å². The van der Waals surface area contributed by atoms with Crippen molar-refractivity contribution in [2.45, 2.75) is 0 Å². The van der Waals surface area contributed by atoms with Gasteiger partial charge in [-0.15, -0.1) is 0 Å². The summed E-state index contributed by atoms with van der Waals surface area (Å²) in [5, 5.41) is -0.0943. The van der Waals surface area contributed by atoms with Crippen LogP contribution in [0.3, 0.4) is 0 Å². The number of hydrogen-bond acceptors (Lipinski definition) is 0. The summed E-state index contributed by atoms with van der Waals surface area (Å²) in [4.78, 5) is 0. The summed E-state index contributed by atoms with van der Waals surface area (Å²) >= 11 is 0. The van der Waals surface area contributed by atoms with E-state index in [0.29, 0.717) is 0 Å². The predicted octanol–water partition coefficient (Wildman–Crippen LogP) is 5.22. The second-order valence-corrected chi connectivity index (χ2v) is 77.3. The summed E-state index contributed by atoms with van der Waals surface area (Å²) in [6.07, 6.45) is 0. The van der Waals surface area contributed by atoms with Crippen molar-refractivity contribution in [2.75, 3.05) is 0 Å². The molecule has 2 spiro atoms. The maximum Gasteiger partial charge on any atom is 0 e. The molecule has 0 aromatic rings. The predicted molar refractivity (Wildman–Crippen MR) is 52.6 cm³/mol. The van der Waals surface area contributed by atoms with Gasteiger partial charge in [-0.25, -0.2) is 0 Å². The van der Waals surface area contributed by atoms with Gasteiger partial charge in [0.2, 0.25) is 0 Å². The minimum Gasteiger partial charge on any atom is 0 e. The summed E-state index contributed by atoms with van der Waals surface area (Å²) in [5.74, 6) is 0. The van der Waals surface area contributed by atoms with Crippen LogP contribution in [-0.2, 0) is 16.8 Å². The van der Waals surface area contributed by atoms with Crippen LogP contribution in [0.25, 0.3) is 0 Å². The summed E-state index contributed by atoms with van der Waals surface area (Å²) in [6.45, 7) is 2.26. The fourth-order valence-electron chi connectivity index (χ4n) is 2.20. The quantitative estimate of drug-likeness (QED) is 0.533. The fraction of sp³-hybridized carbons (Fsp3) is 0. The van der Waals surface area contributed by atoms with Crippen LogP contribution in [-0.4, -0.2) is 0 Å². The molecule has 8 heavy (non-hydrogen) atoms. The molecule has 0 aromatic heterocycles. The van der Waals surface area contributed by atoms with Crippen molar-refractivity contribution in [3.8, 4) is 0 Å². The molecule has 5 atom stereocenters. The molecule has 47 valence electrons. The maximum absolute atomic E-state index is 1.83. The molecule has 2 bridgehead atoms. The molecule has 0 saturated carbocycles. The minimum absolute atomic E-state index is 0. The van der Waals surface area contributed by atoms with E-state index in [4.69, 9.17) is 0 Å². The first-order valence-corrected chi connectivity index (χ1v) is 21.1. The van der Waals surface area contributed by atoms with E-state index in [-0.39, 0.29) is 26.9 Å². The molecule has 0 N–H and O–H groups in total. The largest absolute Gasteiger partial charge is 0 e. The van der Waals surface area contributed by atoms with Crippen LogP contribution in [0.1, 0.15) is 0 Å². The first kappa shape index (κ1) is 6.04. The SMILES string of the molecule is P1P2P3P145PP234P5.[Co]. The zero-order valence-electron chi connectivity index (χ0n) is 3.62. The Bertz CT molecular complexity index is 235. The summed E-state index contributed by atoms with van der Waals surface area (Å²) in [6, 6.07) is 0. The van der Waals surface area contributed by atoms with Gasteiger partial charge in [-0.3, -0.25) is 0 Å². The van der Waals surface area contributed by atoms with Gasteiger partial charge >= 0.3 is 47.9 Å². The van der Waals surface area contributed by atoms with Crippen LogP contribution >= 0.6 is 47.9 Å². The Kier molecular flexibility index (Phi) is 0.681. The van der Waals surface area contributed by atoms with Crippen molar-refractivity contribution in [2.24, 2.45) is 0 Å². The van der Waals surface area contributed by atoms with Gasteiger partial charge in [0.25, 0.3) is 0 Å². The molecule has 0 aliphatic carbocycles. The maximum atomic E-state index is 1.83. The van der Waals surface area contributed by atoms with E-state index in [9.17, 15) is 0 Å². The van der Waals surface area contributed by atoms with E-state index >= 15 is 0 Å². The zero-order chi connectivity index (χ0) is 4.17. The smallest absolute Gasteiger partial charge is 0 e. The molecular weight excluding hydrogens is 276 g/mol.